The molecule has 0 fully saturated rings. The number of rotatable bonds is 12. The molecule has 3 aromatic carbocycles. The number of benzene rings is 3. The van der Waals surface area contributed by atoms with E-state index in [9.17, 15) is 9.59 Å². The molecular formula is C31H37ClN2O2. The largest absolute Gasteiger partial charge is 0.354 e. The lowest BCUT2D eigenvalue weighted by molar-refractivity contribution is -0.141. The number of nitrogens with one attached hydrogen (secondary N) is 1. The summed E-state index contributed by atoms with van der Waals surface area (Å²) in [6.45, 7) is 7.26. The molecule has 0 unspecified atom stereocenters. The lowest BCUT2D eigenvalue weighted by Crippen LogP contribution is -2.50. The summed E-state index contributed by atoms with van der Waals surface area (Å²) < 4.78 is 0. The second-order valence-electron chi connectivity index (χ2n) is 9.54. The van der Waals surface area contributed by atoms with Crippen molar-refractivity contribution < 1.29 is 9.59 Å². The second-order valence-corrected chi connectivity index (χ2v) is 9.98. The Hall–Kier alpha value is -3.11. The van der Waals surface area contributed by atoms with Gasteiger partial charge in [0.15, 0.2) is 0 Å². The third-order valence-electron chi connectivity index (χ3n) is 6.34. The van der Waals surface area contributed by atoms with Crippen LogP contribution in [0.3, 0.4) is 0 Å². The zero-order chi connectivity index (χ0) is 25.9. The highest BCUT2D eigenvalue weighted by Gasteiger charge is 2.30. The Kier molecular flexibility index (Phi) is 10.6. The Balaban J connectivity index is 1.86. The first-order valence-electron chi connectivity index (χ1n) is 12.8. The molecule has 190 valence electrons. The Morgan fingerprint density at radius 2 is 1.58 bits per heavy atom. The summed E-state index contributed by atoms with van der Waals surface area (Å²) in [6.07, 6.45) is 2.23. The molecule has 0 aliphatic carbocycles. The van der Waals surface area contributed by atoms with Gasteiger partial charge < -0.3 is 10.2 Å². The SMILES string of the molecule is CCCNC(=O)[C@@H](Cc1ccccc1)N(Cc1cccc(Cl)c1)C(=O)CCc1ccc(C(C)C)cc1. The van der Waals surface area contributed by atoms with Crippen LogP contribution in [0.15, 0.2) is 78.9 Å². The molecule has 0 bridgehead atoms. The molecule has 3 aromatic rings. The standard InChI is InChI=1S/C31H37ClN2O2/c1-4-19-33-31(36)29(21-25-9-6-5-7-10-25)34(22-26-11-8-12-28(32)20-26)30(35)18-15-24-13-16-27(17-14-24)23(2)3/h5-14,16-17,20,23,29H,4,15,18-19,21-22H2,1-3H3,(H,33,36)/t29-/m1/s1. The van der Waals surface area contributed by atoms with Gasteiger partial charge in [0.05, 0.1) is 0 Å². The van der Waals surface area contributed by atoms with Gasteiger partial charge in [-0.15, -0.1) is 0 Å². The van der Waals surface area contributed by atoms with Gasteiger partial charge in [0, 0.05) is 31.0 Å². The summed E-state index contributed by atoms with van der Waals surface area (Å²) in [4.78, 5) is 28.8. The third kappa shape index (κ3) is 8.23. The van der Waals surface area contributed by atoms with Crippen LogP contribution in [0.1, 0.15) is 61.8 Å². The van der Waals surface area contributed by atoms with Crippen molar-refractivity contribution in [2.75, 3.05) is 6.54 Å². The monoisotopic (exact) mass is 504 g/mol. The zero-order valence-electron chi connectivity index (χ0n) is 21.5. The van der Waals surface area contributed by atoms with E-state index in [2.05, 4.69) is 43.4 Å². The van der Waals surface area contributed by atoms with E-state index in [1.54, 1.807) is 4.90 Å². The maximum Gasteiger partial charge on any atom is 0.243 e. The van der Waals surface area contributed by atoms with Gasteiger partial charge >= 0.3 is 0 Å². The number of hydrogen-bond donors (Lipinski definition) is 1. The Labute approximate surface area is 220 Å². The molecule has 0 aliphatic rings. The number of carbonyl (C=O) groups is 2. The van der Waals surface area contributed by atoms with E-state index in [0.29, 0.717) is 43.3 Å². The van der Waals surface area contributed by atoms with Crippen LogP contribution in [0.5, 0.6) is 0 Å². The van der Waals surface area contributed by atoms with Crippen LogP contribution in [-0.2, 0) is 29.0 Å². The van der Waals surface area contributed by atoms with Crippen LogP contribution in [0, 0.1) is 0 Å². The molecule has 4 nitrogen and oxygen atoms in total. The van der Waals surface area contributed by atoms with Crippen LogP contribution in [0.25, 0.3) is 0 Å². The van der Waals surface area contributed by atoms with Gasteiger partial charge in [0.2, 0.25) is 11.8 Å². The van der Waals surface area contributed by atoms with E-state index in [0.717, 1.165) is 23.1 Å². The average Bonchev–Trinajstić information content (AvgIpc) is 2.88. The van der Waals surface area contributed by atoms with Crippen LogP contribution in [-0.4, -0.2) is 29.3 Å². The summed E-state index contributed by atoms with van der Waals surface area (Å²) in [5.41, 5.74) is 4.31. The minimum absolute atomic E-state index is 0.0458. The molecule has 2 amide bonds. The fraction of sp³-hybridized carbons (Fsp3) is 0.355. The smallest absolute Gasteiger partial charge is 0.243 e. The highest BCUT2D eigenvalue weighted by molar-refractivity contribution is 6.30. The normalized spacial score (nSPS) is 11.8. The minimum atomic E-state index is -0.617. The van der Waals surface area contributed by atoms with Gasteiger partial charge in [-0.3, -0.25) is 9.59 Å². The lowest BCUT2D eigenvalue weighted by Gasteiger charge is -2.31. The third-order valence-corrected chi connectivity index (χ3v) is 6.57. The van der Waals surface area contributed by atoms with Gasteiger partial charge in [-0.05, 0) is 53.1 Å². The number of aryl methyl sites for hydroxylation is 1. The van der Waals surface area contributed by atoms with E-state index in [-0.39, 0.29) is 11.8 Å². The van der Waals surface area contributed by atoms with E-state index >= 15 is 0 Å². The van der Waals surface area contributed by atoms with Crippen molar-refractivity contribution in [3.63, 3.8) is 0 Å². The predicted octanol–water partition coefficient (Wildman–Crippen LogP) is 6.56. The van der Waals surface area contributed by atoms with Crippen molar-refractivity contribution in [3.8, 4) is 0 Å². The first-order valence-corrected chi connectivity index (χ1v) is 13.2. The zero-order valence-corrected chi connectivity index (χ0v) is 22.3. The molecule has 5 heteroatoms. The topological polar surface area (TPSA) is 49.4 Å². The average molecular weight is 505 g/mol. The van der Waals surface area contributed by atoms with Crippen molar-refractivity contribution in [1.29, 1.82) is 0 Å². The van der Waals surface area contributed by atoms with E-state index in [1.807, 2.05) is 61.5 Å². The summed E-state index contributed by atoms with van der Waals surface area (Å²) in [6, 6.07) is 25.2. The van der Waals surface area contributed by atoms with Crippen LogP contribution in [0.2, 0.25) is 5.02 Å². The van der Waals surface area contributed by atoms with Crippen molar-refractivity contribution in [2.24, 2.45) is 0 Å². The molecule has 0 saturated heterocycles. The first kappa shape index (κ1) is 27.5. The van der Waals surface area contributed by atoms with Crippen LogP contribution in [0.4, 0.5) is 0 Å². The van der Waals surface area contributed by atoms with Gasteiger partial charge in [0.25, 0.3) is 0 Å². The van der Waals surface area contributed by atoms with E-state index in [1.165, 1.54) is 5.56 Å². The van der Waals surface area contributed by atoms with Gasteiger partial charge in [-0.25, -0.2) is 0 Å². The summed E-state index contributed by atoms with van der Waals surface area (Å²) in [5, 5.41) is 3.63. The highest BCUT2D eigenvalue weighted by Crippen LogP contribution is 2.20. The number of nitrogens with zero attached hydrogens (tertiary/aromatic N) is 1. The molecule has 36 heavy (non-hydrogen) atoms. The minimum Gasteiger partial charge on any atom is -0.354 e. The summed E-state index contributed by atoms with van der Waals surface area (Å²) in [7, 11) is 0. The molecule has 0 spiro atoms. The molecule has 0 heterocycles. The first-order chi connectivity index (χ1) is 17.4. The molecule has 0 aromatic heterocycles. The Morgan fingerprint density at radius 1 is 0.889 bits per heavy atom. The maximum atomic E-state index is 13.7. The lowest BCUT2D eigenvalue weighted by atomic mass is 9.99. The van der Waals surface area contributed by atoms with E-state index in [4.69, 9.17) is 11.6 Å². The number of hydrogen-bond acceptors (Lipinski definition) is 2. The number of halogens is 1. The fourth-order valence-electron chi connectivity index (χ4n) is 4.22. The van der Waals surface area contributed by atoms with Crippen molar-refractivity contribution >= 4 is 23.4 Å². The van der Waals surface area contributed by atoms with Crippen LogP contribution >= 0.6 is 11.6 Å². The highest BCUT2D eigenvalue weighted by atomic mass is 35.5. The predicted molar refractivity (Wildman–Crippen MR) is 148 cm³/mol. The molecule has 0 aliphatic heterocycles. The van der Waals surface area contributed by atoms with Gasteiger partial charge in [-0.2, -0.15) is 0 Å². The Bertz CT molecular complexity index is 1110. The summed E-state index contributed by atoms with van der Waals surface area (Å²) in [5.74, 6) is 0.294. The Morgan fingerprint density at radius 3 is 2.22 bits per heavy atom. The molecule has 3 rings (SSSR count). The number of amides is 2. The molecule has 1 atom stereocenters. The van der Waals surface area contributed by atoms with Crippen molar-refractivity contribution in [1.82, 2.24) is 10.2 Å². The molecule has 0 saturated carbocycles. The maximum absolute atomic E-state index is 13.7. The second kappa shape index (κ2) is 13.8. The summed E-state index contributed by atoms with van der Waals surface area (Å²) >= 11 is 6.24. The van der Waals surface area contributed by atoms with Gasteiger partial charge in [-0.1, -0.05) is 99.1 Å². The molecule has 0 radical (unpaired) electrons. The fourth-order valence-corrected chi connectivity index (χ4v) is 4.43. The number of carbonyl (C=O) groups excluding carboxylic acids is 2. The molecule has 1 N–H and O–H groups in total. The molecular weight excluding hydrogens is 468 g/mol. The van der Waals surface area contributed by atoms with Crippen molar-refractivity contribution in [3.05, 3.63) is 106 Å². The quantitative estimate of drug-likeness (QED) is 0.303. The van der Waals surface area contributed by atoms with Gasteiger partial charge in [0.1, 0.15) is 6.04 Å². The van der Waals surface area contributed by atoms with E-state index < -0.39 is 6.04 Å². The van der Waals surface area contributed by atoms with Crippen LogP contribution < -0.4 is 5.32 Å². The van der Waals surface area contributed by atoms with Crippen molar-refractivity contribution in [2.45, 2.75) is 65.0 Å².